The van der Waals surface area contributed by atoms with Crippen LogP contribution < -0.4 is 9.47 Å². The number of ether oxygens (including phenoxy) is 4. The Kier molecular flexibility index (Phi) is 15.4. The summed E-state index contributed by atoms with van der Waals surface area (Å²) in [4.78, 5) is 12.1. The number of carbonyl (C=O) groups is 1. The van der Waals surface area contributed by atoms with Gasteiger partial charge < -0.3 is 37.7 Å². The predicted octanol–water partition coefficient (Wildman–Crippen LogP) is 8.32. The minimum atomic E-state index is -2.25. The zero-order valence-corrected chi connectivity index (χ0v) is 33.1. The fourth-order valence-electron chi connectivity index (χ4n) is 4.77. The van der Waals surface area contributed by atoms with E-state index < -0.39 is 34.4 Å². The molecule has 0 aromatic heterocycles. The molecule has 0 unspecified atom stereocenters. The van der Waals surface area contributed by atoms with E-state index >= 15 is 0 Å². The first-order valence-electron chi connectivity index (χ1n) is 16.7. The lowest BCUT2D eigenvalue weighted by atomic mass is 9.87. The second kappa shape index (κ2) is 17.6. The molecule has 47 heavy (non-hydrogen) atoms. The molecule has 0 saturated heterocycles. The van der Waals surface area contributed by atoms with E-state index in [0.29, 0.717) is 13.2 Å². The third kappa shape index (κ3) is 13.4. The predicted molar refractivity (Wildman–Crippen MR) is 194 cm³/mol. The van der Waals surface area contributed by atoms with Crippen molar-refractivity contribution in [3.8, 4) is 11.5 Å². The monoisotopic (exact) mass is 690 g/mol. The van der Waals surface area contributed by atoms with Crippen LogP contribution in [0.25, 0.3) is 0 Å². The van der Waals surface area contributed by atoms with Gasteiger partial charge in [-0.05, 0) is 71.7 Å². The van der Waals surface area contributed by atoms with Crippen LogP contribution in [0.3, 0.4) is 0 Å². The van der Waals surface area contributed by atoms with Crippen molar-refractivity contribution >= 4 is 22.9 Å². The largest absolute Gasteiger partial charge is 0.497 e. The van der Waals surface area contributed by atoms with Gasteiger partial charge in [0, 0.05) is 19.3 Å². The van der Waals surface area contributed by atoms with Crippen molar-refractivity contribution in [1.82, 2.24) is 0 Å². The van der Waals surface area contributed by atoms with Gasteiger partial charge in [-0.3, -0.25) is 0 Å². The van der Waals surface area contributed by atoms with Gasteiger partial charge >= 0.3 is 0 Å². The summed E-state index contributed by atoms with van der Waals surface area (Å²) >= 11 is 0. The minimum Gasteiger partial charge on any atom is -0.497 e. The summed E-state index contributed by atoms with van der Waals surface area (Å²) in [5.41, 5.74) is 0.642. The standard InChI is InChI=1S/C37H62O8Si2/c1-35(2,3)46(9,10)44-33(27-42-25-29-13-17-31(40-7)18-14-29)23-37(39,21-22-38)24-34(45-47(11,12)36(4,5)6)28-43-26-30-15-19-32(41-8)20-16-30/h13-20,22,33-34,39H,21,23-28H2,1-12H3/t33-,34-/m1/s1. The maximum absolute atomic E-state index is 12.2. The number of rotatable bonds is 20. The van der Waals surface area contributed by atoms with Crippen LogP contribution in [0.4, 0.5) is 0 Å². The van der Waals surface area contributed by atoms with Crippen LogP contribution in [-0.2, 0) is 36.3 Å². The lowest BCUT2D eigenvalue weighted by molar-refractivity contribution is -0.117. The first-order chi connectivity index (χ1) is 21.7. The number of aldehydes is 1. The molecule has 0 saturated carbocycles. The van der Waals surface area contributed by atoms with Crippen LogP contribution in [0, 0.1) is 0 Å². The van der Waals surface area contributed by atoms with Crippen LogP contribution in [0.5, 0.6) is 11.5 Å². The summed E-state index contributed by atoms with van der Waals surface area (Å²) < 4.78 is 36.7. The Morgan fingerprint density at radius 2 is 1.00 bits per heavy atom. The molecule has 0 amide bonds. The lowest BCUT2D eigenvalue weighted by Crippen LogP contribution is -2.50. The van der Waals surface area contributed by atoms with Gasteiger partial charge in [-0.1, -0.05) is 65.8 Å². The van der Waals surface area contributed by atoms with Crippen LogP contribution in [-0.4, -0.2) is 73.3 Å². The summed E-state index contributed by atoms with van der Waals surface area (Å²) in [6.45, 7) is 23.3. The molecule has 2 rings (SSSR count). The highest BCUT2D eigenvalue weighted by atomic mass is 28.4. The normalized spacial score (nSPS) is 14.5. The van der Waals surface area contributed by atoms with Crippen molar-refractivity contribution < 1.29 is 37.7 Å². The summed E-state index contributed by atoms with van der Waals surface area (Å²) in [6, 6.07) is 15.5. The molecule has 0 bridgehead atoms. The third-order valence-electron chi connectivity index (χ3n) is 9.68. The molecule has 0 radical (unpaired) electrons. The minimum absolute atomic E-state index is 0.0430. The Bertz CT molecular complexity index is 1110. The fourth-order valence-corrected chi connectivity index (χ4v) is 7.45. The van der Waals surface area contributed by atoms with E-state index in [0.717, 1.165) is 28.9 Å². The van der Waals surface area contributed by atoms with E-state index in [4.69, 9.17) is 27.8 Å². The molecule has 266 valence electrons. The maximum atomic E-state index is 12.2. The second-order valence-corrected chi connectivity index (χ2v) is 25.2. The Hall–Kier alpha value is -2.06. The van der Waals surface area contributed by atoms with Crippen molar-refractivity contribution in [2.24, 2.45) is 0 Å². The molecule has 0 aliphatic heterocycles. The van der Waals surface area contributed by atoms with E-state index in [1.807, 2.05) is 48.5 Å². The molecule has 0 fully saturated rings. The van der Waals surface area contributed by atoms with Crippen LogP contribution in [0.2, 0.25) is 36.3 Å². The van der Waals surface area contributed by atoms with E-state index in [1.54, 1.807) is 14.2 Å². The average molecular weight is 691 g/mol. The van der Waals surface area contributed by atoms with Crippen molar-refractivity contribution in [3.05, 3.63) is 59.7 Å². The summed E-state index contributed by atoms with van der Waals surface area (Å²) in [5, 5.41) is 12.1. The van der Waals surface area contributed by atoms with Gasteiger partial charge in [0.05, 0.1) is 58.5 Å². The third-order valence-corrected chi connectivity index (χ3v) is 18.7. The number of methoxy groups -OCH3 is 2. The highest BCUT2D eigenvalue weighted by Crippen LogP contribution is 2.41. The number of hydrogen-bond donors (Lipinski definition) is 1. The molecule has 0 aliphatic carbocycles. The zero-order valence-electron chi connectivity index (χ0n) is 31.1. The van der Waals surface area contributed by atoms with Crippen molar-refractivity contribution in [1.29, 1.82) is 0 Å². The van der Waals surface area contributed by atoms with Crippen molar-refractivity contribution in [2.75, 3.05) is 27.4 Å². The highest BCUT2D eigenvalue weighted by molar-refractivity contribution is 6.74. The number of aliphatic hydroxyl groups is 1. The van der Waals surface area contributed by atoms with Gasteiger partial charge in [-0.15, -0.1) is 0 Å². The molecule has 0 heterocycles. The SMILES string of the molecule is COc1ccc(COC[C@@H](CC(O)(CC=O)C[C@H](COCc2ccc(OC)cc2)O[Si](C)(C)C(C)(C)C)O[Si](C)(C)C(C)(C)C)cc1. The molecule has 2 atom stereocenters. The van der Waals surface area contributed by atoms with E-state index in [1.165, 1.54) is 0 Å². The van der Waals surface area contributed by atoms with Gasteiger partial charge in [0.25, 0.3) is 0 Å². The fraction of sp³-hybridized carbons (Fsp3) is 0.649. The summed E-state index contributed by atoms with van der Waals surface area (Å²) in [5.74, 6) is 1.57. The first kappa shape index (κ1) is 41.1. The molecule has 2 aromatic rings. The first-order valence-corrected chi connectivity index (χ1v) is 22.5. The second-order valence-electron chi connectivity index (χ2n) is 15.7. The Balaban J connectivity index is 2.30. The average Bonchev–Trinajstić information content (AvgIpc) is 2.96. The van der Waals surface area contributed by atoms with Crippen molar-refractivity contribution in [2.45, 2.75) is 128 Å². The van der Waals surface area contributed by atoms with Gasteiger partial charge in [0.2, 0.25) is 0 Å². The lowest BCUT2D eigenvalue weighted by Gasteiger charge is -2.43. The van der Waals surface area contributed by atoms with Crippen LogP contribution >= 0.6 is 0 Å². The van der Waals surface area contributed by atoms with Crippen LogP contribution in [0.15, 0.2) is 48.5 Å². The van der Waals surface area contributed by atoms with Gasteiger partial charge in [0.15, 0.2) is 16.6 Å². The van der Waals surface area contributed by atoms with E-state index in [2.05, 4.69) is 67.7 Å². The van der Waals surface area contributed by atoms with E-state index in [9.17, 15) is 9.90 Å². The molecule has 2 aromatic carbocycles. The Labute approximate surface area is 286 Å². The summed E-state index contributed by atoms with van der Waals surface area (Å²) in [6.07, 6.45) is 0.371. The number of benzene rings is 2. The quantitative estimate of drug-likeness (QED) is 0.110. The summed E-state index contributed by atoms with van der Waals surface area (Å²) in [7, 11) is -1.22. The zero-order chi connectivity index (χ0) is 35.5. The van der Waals surface area contributed by atoms with Gasteiger partial charge in [-0.25, -0.2) is 0 Å². The molecular weight excluding hydrogens is 629 g/mol. The molecule has 8 nitrogen and oxygen atoms in total. The molecule has 1 N–H and O–H groups in total. The topological polar surface area (TPSA) is 92.7 Å². The number of carbonyl (C=O) groups excluding carboxylic acids is 1. The smallest absolute Gasteiger partial charge is 0.192 e. The Morgan fingerprint density at radius 1 is 0.660 bits per heavy atom. The van der Waals surface area contributed by atoms with Gasteiger partial charge in [-0.2, -0.15) is 0 Å². The van der Waals surface area contributed by atoms with Gasteiger partial charge in [0.1, 0.15) is 17.8 Å². The number of hydrogen-bond acceptors (Lipinski definition) is 8. The highest BCUT2D eigenvalue weighted by Gasteiger charge is 2.44. The van der Waals surface area contributed by atoms with Crippen LogP contribution in [0.1, 0.15) is 71.9 Å². The molecular formula is C37H62O8Si2. The van der Waals surface area contributed by atoms with Crippen molar-refractivity contribution in [3.63, 3.8) is 0 Å². The maximum Gasteiger partial charge on any atom is 0.192 e. The molecule has 0 aliphatic rings. The Morgan fingerprint density at radius 3 is 1.28 bits per heavy atom. The molecule has 10 heteroatoms. The molecule has 0 spiro atoms. The van der Waals surface area contributed by atoms with E-state index in [-0.39, 0.29) is 42.6 Å².